The Morgan fingerprint density at radius 3 is 2.18 bits per heavy atom. The van der Waals surface area contributed by atoms with Crippen LogP contribution in [-0.4, -0.2) is 19.1 Å². The van der Waals surface area contributed by atoms with Crippen molar-refractivity contribution in [2.45, 2.75) is 6.92 Å². The van der Waals surface area contributed by atoms with E-state index in [1.165, 1.54) is 0 Å². The van der Waals surface area contributed by atoms with E-state index in [0.29, 0.717) is 40.3 Å². The van der Waals surface area contributed by atoms with E-state index in [2.05, 4.69) is 10.6 Å². The summed E-state index contributed by atoms with van der Waals surface area (Å²) in [5.41, 5.74) is 1.33. The maximum atomic E-state index is 12.4. The van der Waals surface area contributed by atoms with Crippen LogP contribution in [0.4, 0.5) is 11.4 Å². The van der Waals surface area contributed by atoms with Crippen LogP contribution in [0.5, 0.6) is 17.2 Å². The quantitative estimate of drug-likeness (QED) is 0.521. The van der Waals surface area contributed by atoms with Gasteiger partial charge in [0, 0.05) is 0 Å². The molecule has 0 saturated heterocycles. The lowest BCUT2D eigenvalue weighted by Crippen LogP contribution is -2.22. The van der Waals surface area contributed by atoms with Gasteiger partial charge < -0.3 is 20.1 Å². The number of carbonyl (C=O) groups is 1. The molecular weight excluding hydrogens is 376 g/mol. The smallest absolute Gasteiger partial charge is 0.243 e. The number of hydrogen-bond acceptors (Lipinski definition) is 4. The van der Waals surface area contributed by atoms with Crippen molar-refractivity contribution in [3.8, 4) is 17.2 Å². The van der Waals surface area contributed by atoms with Gasteiger partial charge in [0.15, 0.2) is 5.75 Å². The number of halogens is 1. The molecule has 0 fully saturated rings. The van der Waals surface area contributed by atoms with Gasteiger partial charge in [-0.1, -0.05) is 48.0 Å². The minimum Gasteiger partial charge on any atom is -0.492 e. The van der Waals surface area contributed by atoms with Crippen LogP contribution in [-0.2, 0) is 4.79 Å². The zero-order valence-electron chi connectivity index (χ0n) is 15.4. The Hall–Kier alpha value is -3.18. The molecule has 0 atom stereocenters. The minimum atomic E-state index is -0.195. The average Bonchev–Trinajstić information content (AvgIpc) is 2.71. The normalized spacial score (nSPS) is 10.2. The van der Waals surface area contributed by atoms with E-state index in [1.54, 1.807) is 18.2 Å². The summed E-state index contributed by atoms with van der Waals surface area (Å²) in [6.45, 7) is 2.50. The number of carbonyl (C=O) groups excluding carboxylic acids is 1. The summed E-state index contributed by atoms with van der Waals surface area (Å²) in [6, 6.07) is 21.9. The van der Waals surface area contributed by atoms with Crippen molar-refractivity contribution >= 4 is 28.9 Å². The van der Waals surface area contributed by atoms with Gasteiger partial charge in [0.2, 0.25) is 5.91 Å². The first-order chi connectivity index (χ1) is 13.7. The Kier molecular flexibility index (Phi) is 6.76. The standard InChI is InChI=1S/C22H21ClN2O3/c1-2-27-20-13-7-5-11-18(20)25-22(26)15-24-17-10-4-8-14-21(17)28-19-12-6-3-9-16(19)23/h3-14,24H,2,15H2,1H3,(H,25,26). The predicted octanol–water partition coefficient (Wildman–Crippen LogP) is 5.58. The fourth-order valence-electron chi connectivity index (χ4n) is 2.57. The van der Waals surface area contributed by atoms with Gasteiger partial charge in [-0.25, -0.2) is 0 Å². The van der Waals surface area contributed by atoms with Crippen LogP contribution in [0, 0.1) is 0 Å². The fourth-order valence-corrected chi connectivity index (χ4v) is 2.74. The van der Waals surface area contributed by atoms with Crippen LogP contribution < -0.4 is 20.1 Å². The van der Waals surface area contributed by atoms with Crippen LogP contribution in [0.15, 0.2) is 72.8 Å². The second-order valence-electron chi connectivity index (χ2n) is 5.86. The van der Waals surface area contributed by atoms with Crippen molar-refractivity contribution in [2.24, 2.45) is 0 Å². The summed E-state index contributed by atoms with van der Waals surface area (Å²) in [4.78, 5) is 12.4. The molecular formula is C22H21ClN2O3. The highest BCUT2D eigenvalue weighted by Crippen LogP contribution is 2.33. The second-order valence-corrected chi connectivity index (χ2v) is 6.27. The van der Waals surface area contributed by atoms with Crippen molar-refractivity contribution in [1.29, 1.82) is 0 Å². The maximum Gasteiger partial charge on any atom is 0.243 e. The van der Waals surface area contributed by atoms with Gasteiger partial charge in [-0.3, -0.25) is 4.79 Å². The van der Waals surface area contributed by atoms with Gasteiger partial charge in [0.25, 0.3) is 0 Å². The van der Waals surface area contributed by atoms with Gasteiger partial charge in [0.05, 0.1) is 29.5 Å². The summed E-state index contributed by atoms with van der Waals surface area (Å²) in [7, 11) is 0. The molecule has 0 aliphatic rings. The molecule has 0 spiro atoms. The summed E-state index contributed by atoms with van der Waals surface area (Å²) >= 11 is 6.16. The van der Waals surface area contributed by atoms with Gasteiger partial charge in [-0.15, -0.1) is 0 Å². The summed E-state index contributed by atoms with van der Waals surface area (Å²) in [5, 5.41) is 6.48. The summed E-state index contributed by atoms with van der Waals surface area (Å²) in [6.07, 6.45) is 0. The first-order valence-electron chi connectivity index (χ1n) is 8.94. The van der Waals surface area contributed by atoms with E-state index >= 15 is 0 Å². The molecule has 0 radical (unpaired) electrons. The number of para-hydroxylation sites is 5. The Morgan fingerprint density at radius 2 is 1.46 bits per heavy atom. The van der Waals surface area contributed by atoms with E-state index in [9.17, 15) is 4.79 Å². The van der Waals surface area contributed by atoms with E-state index in [-0.39, 0.29) is 12.5 Å². The largest absolute Gasteiger partial charge is 0.492 e. The molecule has 5 nitrogen and oxygen atoms in total. The van der Waals surface area contributed by atoms with Crippen molar-refractivity contribution in [2.75, 3.05) is 23.8 Å². The maximum absolute atomic E-state index is 12.4. The summed E-state index contributed by atoms with van der Waals surface area (Å²) in [5.74, 6) is 1.58. The molecule has 28 heavy (non-hydrogen) atoms. The lowest BCUT2D eigenvalue weighted by molar-refractivity contribution is -0.114. The lowest BCUT2D eigenvalue weighted by Gasteiger charge is -2.14. The van der Waals surface area contributed by atoms with E-state index in [0.717, 1.165) is 0 Å². The van der Waals surface area contributed by atoms with Gasteiger partial charge >= 0.3 is 0 Å². The van der Waals surface area contributed by atoms with Crippen molar-refractivity contribution in [3.63, 3.8) is 0 Å². The topological polar surface area (TPSA) is 59.6 Å². The Balaban J connectivity index is 1.65. The molecule has 3 aromatic carbocycles. The first-order valence-corrected chi connectivity index (χ1v) is 9.32. The van der Waals surface area contributed by atoms with E-state index < -0.39 is 0 Å². The zero-order valence-corrected chi connectivity index (χ0v) is 16.2. The SMILES string of the molecule is CCOc1ccccc1NC(=O)CNc1ccccc1Oc1ccccc1Cl. The molecule has 1 amide bonds. The number of hydrogen-bond donors (Lipinski definition) is 2. The molecule has 6 heteroatoms. The van der Waals surface area contributed by atoms with E-state index in [4.69, 9.17) is 21.1 Å². The third-order valence-electron chi connectivity index (χ3n) is 3.84. The Morgan fingerprint density at radius 1 is 0.857 bits per heavy atom. The molecule has 0 unspecified atom stereocenters. The molecule has 144 valence electrons. The molecule has 3 rings (SSSR count). The predicted molar refractivity (Wildman–Crippen MR) is 113 cm³/mol. The number of anilines is 2. The third kappa shape index (κ3) is 5.18. The van der Waals surface area contributed by atoms with Crippen LogP contribution in [0.25, 0.3) is 0 Å². The van der Waals surface area contributed by atoms with Gasteiger partial charge in [-0.2, -0.15) is 0 Å². The molecule has 0 aliphatic heterocycles. The molecule has 3 aromatic rings. The van der Waals surface area contributed by atoms with Crippen LogP contribution >= 0.6 is 11.6 Å². The second kappa shape index (κ2) is 9.67. The third-order valence-corrected chi connectivity index (χ3v) is 4.16. The molecule has 0 saturated carbocycles. The van der Waals surface area contributed by atoms with E-state index in [1.807, 2.05) is 61.5 Å². The van der Waals surface area contributed by atoms with Crippen LogP contribution in [0.2, 0.25) is 5.02 Å². The van der Waals surface area contributed by atoms with Gasteiger partial charge in [0.1, 0.15) is 11.5 Å². The fraction of sp³-hybridized carbons (Fsp3) is 0.136. The molecule has 0 aromatic heterocycles. The molecule has 0 aliphatic carbocycles. The van der Waals surface area contributed by atoms with Crippen LogP contribution in [0.1, 0.15) is 6.92 Å². The molecule has 2 N–H and O–H groups in total. The number of nitrogens with one attached hydrogen (secondary N) is 2. The monoisotopic (exact) mass is 396 g/mol. The van der Waals surface area contributed by atoms with Gasteiger partial charge in [-0.05, 0) is 43.3 Å². The highest BCUT2D eigenvalue weighted by Gasteiger charge is 2.10. The van der Waals surface area contributed by atoms with Crippen LogP contribution in [0.3, 0.4) is 0 Å². The zero-order chi connectivity index (χ0) is 19.8. The van der Waals surface area contributed by atoms with Crippen molar-refractivity contribution < 1.29 is 14.3 Å². The number of amides is 1. The number of ether oxygens (including phenoxy) is 2. The highest BCUT2D eigenvalue weighted by molar-refractivity contribution is 6.32. The van der Waals surface area contributed by atoms with Crippen molar-refractivity contribution in [3.05, 3.63) is 77.8 Å². The summed E-state index contributed by atoms with van der Waals surface area (Å²) < 4.78 is 11.4. The minimum absolute atomic E-state index is 0.0728. The lowest BCUT2D eigenvalue weighted by atomic mass is 10.2. The Labute approximate surface area is 169 Å². The average molecular weight is 397 g/mol. The number of benzene rings is 3. The highest BCUT2D eigenvalue weighted by atomic mass is 35.5. The molecule has 0 heterocycles. The van der Waals surface area contributed by atoms with Crippen molar-refractivity contribution in [1.82, 2.24) is 0 Å². The Bertz CT molecular complexity index is 946. The number of rotatable bonds is 8. The molecule has 0 bridgehead atoms. The first kappa shape index (κ1) is 19.6.